The first-order valence-corrected chi connectivity index (χ1v) is 4.93. The van der Waals surface area contributed by atoms with Gasteiger partial charge in [-0.25, -0.2) is 0 Å². The van der Waals surface area contributed by atoms with Crippen LogP contribution < -0.4 is 5.73 Å². The number of nitrogens with zero attached hydrogens (tertiary/aromatic N) is 2. The van der Waals surface area contributed by atoms with E-state index in [0.29, 0.717) is 0 Å². The van der Waals surface area contributed by atoms with Gasteiger partial charge >= 0.3 is 0 Å². The Morgan fingerprint density at radius 1 is 1.50 bits per heavy atom. The van der Waals surface area contributed by atoms with Gasteiger partial charge in [0.2, 0.25) is 0 Å². The molecule has 1 atom stereocenters. The van der Waals surface area contributed by atoms with Gasteiger partial charge in [-0.1, -0.05) is 6.07 Å². The van der Waals surface area contributed by atoms with E-state index >= 15 is 0 Å². The molecule has 3 heteroatoms. The molecule has 0 aliphatic carbocycles. The van der Waals surface area contributed by atoms with Crippen LogP contribution in [0, 0.1) is 0 Å². The average Bonchev–Trinajstić information content (AvgIpc) is 2.59. The third-order valence-corrected chi connectivity index (χ3v) is 2.49. The summed E-state index contributed by atoms with van der Waals surface area (Å²) in [7, 11) is 0. The van der Waals surface area contributed by atoms with Gasteiger partial charge in [-0.2, -0.15) is 5.10 Å². The van der Waals surface area contributed by atoms with E-state index in [1.807, 2.05) is 17.8 Å². The van der Waals surface area contributed by atoms with E-state index in [4.69, 9.17) is 5.73 Å². The maximum Gasteiger partial charge on any atom is 0.0682 e. The molecule has 0 saturated heterocycles. The maximum atomic E-state index is 5.82. The van der Waals surface area contributed by atoms with Crippen LogP contribution in [0.25, 0.3) is 10.9 Å². The molecular formula is C11H15N3. The van der Waals surface area contributed by atoms with Gasteiger partial charge in [0.05, 0.1) is 11.7 Å². The monoisotopic (exact) mass is 189 g/mol. The normalized spacial score (nSPS) is 13.4. The summed E-state index contributed by atoms with van der Waals surface area (Å²) in [5.41, 5.74) is 8.15. The second-order valence-corrected chi connectivity index (χ2v) is 3.57. The van der Waals surface area contributed by atoms with Crippen LogP contribution in [0.3, 0.4) is 0 Å². The van der Waals surface area contributed by atoms with Crippen molar-refractivity contribution >= 4 is 10.9 Å². The van der Waals surface area contributed by atoms with Crippen LogP contribution >= 0.6 is 0 Å². The number of aromatic nitrogens is 2. The van der Waals surface area contributed by atoms with E-state index < -0.39 is 0 Å². The van der Waals surface area contributed by atoms with Gasteiger partial charge in [-0.3, -0.25) is 4.68 Å². The fraction of sp³-hybridized carbons (Fsp3) is 0.364. The minimum Gasteiger partial charge on any atom is -0.324 e. The molecule has 0 aliphatic heterocycles. The summed E-state index contributed by atoms with van der Waals surface area (Å²) in [5.74, 6) is 0. The lowest BCUT2D eigenvalue weighted by Crippen LogP contribution is -2.04. The molecule has 2 rings (SSSR count). The first-order chi connectivity index (χ1) is 6.72. The van der Waals surface area contributed by atoms with Crippen molar-refractivity contribution in [1.82, 2.24) is 9.78 Å². The number of rotatable bonds is 2. The average molecular weight is 189 g/mol. The molecule has 0 bridgehead atoms. The standard InChI is InChI=1S/C11H15N3/c1-3-14-11-5-4-9(8(2)12)6-10(11)7-13-14/h4-8H,3,12H2,1-2H3. The van der Waals surface area contributed by atoms with Crippen molar-refractivity contribution in [2.24, 2.45) is 5.73 Å². The Morgan fingerprint density at radius 3 is 2.93 bits per heavy atom. The van der Waals surface area contributed by atoms with Crippen molar-refractivity contribution in [3.8, 4) is 0 Å². The third-order valence-electron chi connectivity index (χ3n) is 2.49. The largest absolute Gasteiger partial charge is 0.324 e. The van der Waals surface area contributed by atoms with Crippen LogP contribution in [0.4, 0.5) is 0 Å². The summed E-state index contributed by atoms with van der Waals surface area (Å²) in [5, 5.41) is 5.46. The van der Waals surface area contributed by atoms with Gasteiger partial charge in [0.15, 0.2) is 0 Å². The summed E-state index contributed by atoms with van der Waals surface area (Å²) in [6.07, 6.45) is 1.89. The molecule has 2 N–H and O–H groups in total. The summed E-state index contributed by atoms with van der Waals surface area (Å²) < 4.78 is 1.99. The Kier molecular flexibility index (Phi) is 2.25. The lowest BCUT2D eigenvalue weighted by atomic mass is 10.1. The third kappa shape index (κ3) is 1.40. The van der Waals surface area contributed by atoms with Crippen LogP contribution in [0.1, 0.15) is 25.5 Å². The first kappa shape index (κ1) is 9.21. The smallest absolute Gasteiger partial charge is 0.0682 e. The molecule has 1 aromatic carbocycles. The minimum atomic E-state index is 0.0874. The molecule has 0 radical (unpaired) electrons. The first-order valence-electron chi connectivity index (χ1n) is 4.93. The predicted molar refractivity (Wildman–Crippen MR) is 58.0 cm³/mol. The van der Waals surface area contributed by atoms with Crippen molar-refractivity contribution in [3.63, 3.8) is 0 Å². The van der Waals surface area contributed by atoms with Gasteiger partial charge in [-0.15, -0.1) is 0 Å². The van der Waals surface area contributed by atoms with Crippen LogP contribution in [-0.4, -0.2) is 9.78 Å². The quantitative estimate of drug-likeness (QED) is 0.786. The van der Waals surface area contributed by atoms with Crippen LogP contribution in [0.2, 0.25) is 0 Å². The highest BCUT2D eigenvalue weighted by Crippen LogP contribution is 2.18. The van der Waals surface area contributed by atoms with E-state index in [2.05, 4.69) is 30.2 Å². The zero-order chi connectivity index (χ0) is 10.1. The molecule has 1 aromatic heterocycles. The molecule has 0 fully saturated rings. The van der Waals surface area contributed by atoms with Gasteiger partial charge in [-0.05, 0) is 31.5 Å². The zero-order valence-electron chi connectivity index (χ0n) is 8.57. The molecule has 0 spiro atoms. The van der Waals surface area contributed by atoms with E-state index in [0.717, 1.165) is 12.1 Å². The SMILES string of the molecule is CCn1ncc2cc(C(C)N)ccc21. The lowest BCUT2D eigenvalue weighted by molar-refractivity contribution is 0.684. The number of hydrogen-bond acceptors (Lipinski definition) is 2. The Balaban J connectivity index is 2.57. The highest BCUT2D eigenvalue weighted by atomic mass is 15.3. The van der Waals surface area contributed by atoms with Gasteiger partial charge < -0.3 is 5.73 Å². The summed E-state index contributed by atoms with van der Waals surface area (Å²) in [6, 6.07) is 6.36. The minimum absolute atomic E-state index is 0.0874. The molecule has 2 aromatic rings. The number of benzene rings is 1. The fourth-order valence-corrected chi connectivity index (χ4v) is 1.64. The second-order valence-electron chi connectivity index (χ2n) is 3.57. The van der Waals surface area contributed by atoms with Gasteiger partial charge in [0, 0.05) is 18.0 Å². The van der Waals surface area contributed by atoms with Gasteiger partial charge in [0.25, 0.3) is 0 Å². The molecule has 0 saturated carbocycles. The van der Waals surface area contributed by atoms with Gasteiger partial charge in [0.1, 0.15) is 0 Å². The molecule has 74 valence electrons. The molecule has 0 amide bonds. The summed E-state index contributed by atoms with van der Waals surface area (Å²) in [6.45, 7) is 4.98. The second kappa shape index (κ2) is 3.42. The predicted octanol–water partition coefficient (Wildman–Crippen LogP) is 2.08. The van der Waals surface area contributed by atoms with Crippen molar-refractivity contribution < 1.29 is 0 Å². The Bertz CT molecular complexity index is 443. The van der Waals surface area contributed by atoms with Crippen molar-refractivity contribution in [3.05, 3.63) is 30.0 Å². The maximum absolute atomic E-state index is 5.82. The van der Waals surface area contributed by atoms with Crippen LogP contribution in [0.5, 0.6) is 0 Å². The molecular weight excluding hydrogens is 174 g/mol. The zero-order valence-corrected chi connectivity index (χ0v) is 8.57. The van der Waals surface area contributed by atoms with E-state index in [9.17, 15) is 0 Å². The molecule has 0 aliphatic rings. The molecule has 14 heavy (non-hydrogen) atoms. The Hall–Kier alpha value is -1.35. The van der Waals surface area contributed by atoms with Crippen LogP contribution in [-0.2, 0) is 6.54 Å². The topological polar surface area (TPSA) is 43.8 Å². The highest BCUT2D eigenvalue weighted by molar-refractivity contribution is 5.79. The van der Waals surface area contributed by atoms with Crippen LogP contribution in [0.15, 0.2) is 24.4 Å². The number of fused-ring (bicyclic) bond motifs is 1. The number of aryl methyl sites for hydroxylation is 1. The number of nitrogens with two attached hydrogens (primary N) is 1. The van der Waals surface area contributed by atoms with E-state index in [1.54, 1.807) is 0 Å². The van der Waals surface area contributed by atoms with E-state index in [1.165, 1.54) is 10.9 Å². The summed E-state index contributed by atoms with van der Waals surface area (Å²) >= 11 is 0. The van der Waals surface area contributed by atoms with Crippen molar-refractivity contribution in [2.75, 3.05) is 0 Å². The van der Waals surface area contributed by atoms with Crippen molar-refractivity contribution in [2.45, 2.75) is 26.4 Å². The molecule has 1 unspecified atom stereocenters. The Morgan fingerprint density at radius 2 is 2.29 bits per heavy atom. The Labute approximate surface area is 83.5 Å². The summed E-state index contributed by atoms with van der Waals surface area (Å²) in [4.78, 5) is 0. The van der Waals surface area contributed by atoms with E-state index in [-0.39, 0.29) is 6.04 Å². The fourth-order valence-electron chi connectivity index (χ4n) is 1.64. The highest BCUT2D eigenvalue weighted by Gasteiger charge is 2.04. The van der Waals surface area contributed by atoms with Crippen molar-refractivity contribution in [1.29, 1.82) is 0 Å². The molecule has 1 heterocycles. The molecule has 3 nitrogen and oxygen atoms in total. The number of hydrogen-bond donors (Lipinski definition) is 1. The lowest BCUT2D eigenvalue weighted by Gasteiger charge is -2.05.